The molecule has 2 aromatic heterocycles. The molecular weight excluding hydrogens is 680 g/mol. The highest BCUT2D eigenvalue weighted by Gasteiger charge is 2.38. The van der Waals surface area contributed by atoms with E-state index in [-0.39, 0.29) is 23.5 Å². The van der Waals surface area contributed by atoms with Crippen molar-refractivity contribution in [3.63, 3.8) is 0 Å². The average Bonchev–Trinajstić information content (AvgIpc) is 3.43. The van der Waals surface area contributed by atoms with Crippen molar-refractivity contribution in [3.8, 4) is 0 Å². The van der Waals surface area contributed by atoms with E-state index < -0.39 is 37.5 Å². The average molecular weight is 743 g/mol. The molecule has 290 valence electrons. The van der Waals surface area contributed by atoms with Crippen LogP contribution >= 0.6 is 0 Å². The fourth-order valence-corrected chi connectivity index (χ4v) is 6.17. The lowest BCUT2D eigenvalue weighted by Crippen LogP contribution is -2.43. The lowest BCUT2D eigenvalue weighted by atomic mass is 10.1. The number of benzene rings is 1. The van der Waals surface area contributed by atoms with Crippen LogP contribution in [-0.4, -0.2) is 65.5 Å². The van der Waals surface area contributed by atoms with Gasteiger partial charge in [-0.05, 0) is 84.5 Å². The number of hydrogen-bond donors (Lipinski definition) is 2. The van der Waals surface area contributed by atoms with Crippen LogP contribution in [0.3, 0.4) is 0 Å². The van der Waals surface area contributed by atoms with Crippen LogP contribution in [0.1, 0.15) is 119 Å². The van der Waals surface area contributed by atoms with Crippen molar-refractivity contribution < 1.29 is 27.9 Å². The van der Waals surface area contributed by atoms with Crippen LogP contribution in [0, 0.1) is 5.82 Å². The Morgan fingerprint density at radius 3 is 2.21 bits per heavy atom. The number of unbranched alkanes of at least 4 members (excludes halogenated alkanes) is 2. The first-order valence-electron chi connectivity index (χ1n) is 18.5. The molecule has 0 saturated heterocycles. The summed E-state index contributed by atoms with van der Waals surface area (Å²) in [6.45, 7) is 27.1. The van der Waals surface area contributed by atoms with E-state index in [2.05, 4.69) is 63.4 Å². The number of ether oxygens (including phenoxy) is 2. The minimum atomic E-state index is -2.09. The number of nitrogens with zero attached hydrogens (tertiary/aromatic N) is 4. The second kappa shape index (κ2) is 17.4. The summed E-state index contributed by atoms with van der Waals surface area (Å²) in [5.41, 5.74) is 0.504. The number of fused-ring (bicyclic) bond motifs is 1. The maximum atomic E-state index is 15.0. The number of carbonyl (C=O) groups excluding carboxylic acids is 2. The van der Waals surface area contributed by atoms with Crippen molar-refractivity contribution in [1.29, 1.82) is 0 Å². The second-order valence-electron chi connectivity index (χ2n) is 17.3. The summed E-state index contributed by atoms with van der Waals surface area (Å²) in [7, 11) is -2.09. The van der Waals surface area contributed by atoms with E-state index in [0.29, 0.717) is 36.0 Å². The van der Waals surface area contributed by atoms with Crippen LogP contribution in [0.15, 0.2) is 36.5 Å². The molecule has 13 heteroatoms. The number of anilines is 2. The van der Waals surface area contributed by atoms with Crippen LogP contribution in [0.5, 0.6) is 0 Å². The topological polar surface area (TPSA) is 119 Å². The standard InChI is InChI=1S/C39H63FN6O5Si/c1-27(2)30-24-42-46-33(45(36(48)51-38(6,7)8)25-28-19-16-17-21-31(28)40)23-32(44-34(30)46)43-29(26-49-52(12,13)39(9,10)11)20-15-14-18-22-41-35(47)50-37(3,4)5/h16-17,19,21,23-24,27,29H,14-15,18,20,22,25-26H2,1-13H3,(H,41,47)(H,43,44)/t29-/m1/s1. The largest absolute Gasteiger partial charge is 0.444 e. The summed E-state index contributed by atoms with van der Waals surface area (Å²) in [5.74, 6) is 0.616. The van der Waals surface area contributed by atoms with Gasteiger partial charge in [0, 0.05) is 29.8 Å². The van der Waals surface area contributed by atoms with Gasteiger partial charge in [-0.3, -0.25) is 4.90 Å². The predicted molar refractivity (Wildman–Crippen MR) is 209 cm³/mol. The van der Waals surface area contributed by atoms with Gasteiger partial charge in [-0.25, -0.2) is 19.0 Å². The third-order valence-corrected chi connectivity index (χ3v) is 13.5. The van der Waals surface area contributed by atoms with Crippen molar-refractivity contribution in [2.24, 2.45) is 0 Å². The van der Waals surface area contributed by atoms with E-state index in [1.54, 1.807) is 55.7 Å². The molecule has 52 heavy (non-hydrogen) atoms. The molecule has 0 aliphatic carbocycles. The molecular formula is C39H63FN6O5Si. The van der Waals surface area contributed by atoms with E-state index in [4.69, 9.17) is 18.9 Å². The van der Waals surface area contributed by atoms with E-state index in [0.717, 1.165) is 31.2 Å². The lowest BCUT2D eigenvalue weighted by Gasteiger charge is -2.37. The van der Waals surface area contributed by atoms with Gasteiger partial charge in [0.1, 0.15) is 28.7 Å². The van der Waals surface area contributed by atoms with E-state index >= 15 is 4.39 Å². The van der Waals surface area contributed by atoms with Gasteiger partial charge in [-0.15, -0.1) is 0 Å². The van der Waals surface area contributed by atoms with Crippen LogP contribution in [0.25, 0.3) is 5.65 Å². The van der Waals surface area contributed by atoms with Crippen LogP contribution in [0.2, 0.25) is 18.1 Å². The zero-order valence-electron chi connectivity index (χ0n) is 33.8. The molecule has 0 aliphatic rings. The van der Waals surface area contributed by atoms with Gasteiger partial charge >= 0.3 is 12.2 Å². The van der Waals surface area contributed by atoms with Gasteiger partial charge in [-0.1, -0.05) is 65.7 Å². The minimum Gasteiger partial charge on any atom is -0.444 e. The quantitative estimate of drug-likeness (QED) is 0.117. The first-order chi connectivity index (χ1) is 24.0. The highest BCUT2D eigenvalue weighted by Crippen LogP contribution is 2.37. The lowest BCUT2D eigenvalue weighted by molar-refractivity contribution is 0.0524. The smallest absolute Gasteiger partial charge is 0.416 e. The van der Waals surface area contributed by atoms with Crippen LogP contribution < -0.4 is 15.5 Å². The molecule has 0 fully saturated rings. The summed E-state index contributed by atoms with van der Waals surface area (Å²) in [6, 6.07) is 8.07. The third-order valence-electron chi connectivity index (χ3n) is 8.98. The Balaban J connectivity index is 1.98. The zero-order chi connectivity index (χ0) is 39.1. The summed E-state index contributed by atoms with van der Waals surface area (Å²) in [6.07, 6.45) is 4.07. The molecule has 2 N–H and O–H groups in total. The van der Waals surface area contributed by atoms with Crippen LogP contribution in [-0.2, 0) is 20.4 Å². The number of amides is 2. The van der Waals surface area contributed by atoms with E-state index in [9.17, 15) is 9.59 Å². The van der Waals surface area contributed by atoms with Gasteiger partial charge in [0.15, 0.2) is 14.0 Å². The normalized spacial score (nSPS) is 13.3. The van der Waals surface area contributed by atoms with E-state index in [1.807, 2.05) is 20.8 Å². The Bertz CT molecular complexity index is 1640. The fraction of sp³-hybridized carbons (Fsp3) is 0.641. The molecule has 0 saturated carbocycles. The van der Waals surface area contributed by atoms with Crippen LogP contribution in [0.4, 0.5) is 25.6 Å². The maximum absolute atomic E-state index is 15.0. The zero-order valence-corrected chi connectivity index (χ0v) is 34.8. The number of alkyl carbamates (subject to hydrolysis) is 1. The first-order valence-corrected chi connectivity index (χ1v) is 21.4. The summed E-state index contributed by atoms with van der Waals surface area (Å²) in [5, 5.41) is 11.2. The first kappa shape index (κ1) is 42.7. The van der Waals surface area contributed by atoms with Crippen molar-refractivity contribution in [1.82, 2.24) is 19.9 Å². The molecule has 0 aliphatic heterocycles. The highest BCUT2D eigenvalue weighted by molar-refractivity contribution is 6.74. The minimum absolute atomic E-state index is 0.0274. The van der Waals surface area contributed by atoms with E-state index in [1.165, 1.54) is 11.0 Å². The molecule has 2 amide bonds. The Labute approximate surface area is 311 Å². The molecule has 0 spiro atoms. The SMILES string of the molecule is CC(C)c1cnn2c(N(Cc3ccccc3F)C(=O)OC(C)(C)C)cc(N[C@H](CCCCCNC(=O)OC(C)(C)C)CO[Si](C)(C)C(C)(C)C)nc12. The summed E-state index contributed by atoms with van der Waals surface area (Å²) < 4.78 is 34.6. The molecule has 3 rings (SSSR count). The van der Waals surface area contributed by atoms with Gasteiger partial charge in [0.25, 0.3) is 0 Å². The number of rotatable bonds is 15. The maximum Gasteiger partial charge on any atom is 0.416 e. The molecule has 3 aromatic rings. The predicted octanol–water partition coefficient (Wildman–Crippen LogP) is 9.82. The third kappa shape index (κ3) is 12.8. The van der Waals surface area contributed by atoms with Gasteiger partial charge in [0.05, 0.1) is 19.3 Å². The number of nitrogens with one attached hydrogen (secondary N) is 2. The number of aromatic nitrogens is 3. The molecule has 2 heterocycles. The molecule has 0 radical (unpaired) electrons. The van der Waals surface area contributed by atoms with Gasteiger partial charge in [-0.2, -0.15) is 9.61 Å². The molecule has 11 nitrogen and oxygen atoms in total. The Morgan fingerprint density at radius 2 is 1.62 bits per heavy atom. The fourth-order valence-electron chi connectivity index (χ4n) is 5.12. The molecule has 1 aromatic carbocycles. The van der Waals surface area contributed by atoms with Crippen molar-refractivity contribution >= 4 is 37.8 Å². The Morgan fingerprint density at radius 1 is 0.962 bits per heavy atom. The van der Waals surface area contributed by atoms with Crippen molar-refractivity contribution in [2.45, 2.75) is 150 Å². The number of halogens is 1. The van der Waals surface area contributed by atoms with Gasteiger partial charge < -0.3 is 24.5 Å². The van der Waals surface area contributed by atoms with Gasteiger partial charge in [0.2, 0.25) is 0 Å². The molecule has 0 bridgehead atoms. The molecule has 1 atom stereocenters. The Kier molecular flexibility index (Phi) is 14.3. The summed E-state index contributed by atoms with van der Waals surface area (Å²) in [4.78, 5) is 32.4. The second-order valence-corrected chi connectivity index (χ2v) is 22.1. The number of hydrogen-bond acceptors (Lipinski definition) is 8. The van der Waals surface area contributed by atoms with Crippen molar-refractivity contribution in [3.05, 3.63) is 53.5 Å². The summed E-state index contributed by atoms with van der Waals surface area (Å²) >= 11 is 0. The highest BCUT2D eigenvalue weighted by atomic mass is 28.4. The Hall–Kier alpha value is -3.71. The molecule has 0 unspecified atom stereocenters. The number of carbonyl (C=O) groups is 2. The monoisotopic (exact) mass is 742 g/mol. The van der Waals surface area contributed by atoms with Crippen molar-refractivity contribution in [2.75, 3.05) is 23.4 Å².